The predicted molar refractivity (Wildman–Crippen MR) is 111 cm³/mol. The summed E-state index contributed by atoms with van der Waals surface area (Å²) in [6, 6.07) is 0. The average Bonchev–Trinajstić information content (AvgIpc) is 2.58. The Hall–Kier alpha value is -0.940. The number of aliphatic hydroxyl groups is 1. The molecule has 0 rings (SSSR count). The minimum Gasteiger partial charge on any atom is -0.460 e. The van der Waals surface area contributed by atoms with E-state index in [9.17, 15) is 14.7 Å². The van der Waals surface area contributed by atoms with Gasteiger partial charge in [0.25, 0.3) is 0 Å². The fraction of sp³-hybridized carbons (Fsp3) is 0.909. The topological polar surface area (TPSA) is 66.8 Å². The molecule has 0 aliphatic heterocycles. The van der Waals surface area contributed by atoms with E-state index in [2.05, 4.69) is 4.90 Å². The lowest BCUT2D eigenvalue weighted by molar-refractivity contribution is -0.154. The Kier molecular flexibility index (Phi) is 16.6. The number of nitrogens with zero attached hydrogens (tertiary/aromatic N) is 1. The van der Waals surface area contributed by atoms with Gasteiger partial charge in [-0.25, -0.2) is 0 Å². The summed E-state index contributed by atoms with van der Waals surface area (Å²) in [7, 11) is 0. The largest absolute Gasteiger partial charge is 0.460 e. The molecule has 0 bridgehead atoms. The quantitative estimate of drug-likeness (QED) is 0.214. The van der Waals surface area contributed by atoms with Crippen LogP contribution in [0.1, 0.15) is 97.8 Å². The summed E-state index contributed by atoms with van der Waals surface area (Å²) in [6.45, 7) is 8.76. The third-order valence-electron chi connectivity index (χ3n) is 4.49. The minimum atomic E-state index is -0.386. The second-order valence-corrected chi connectivity index (χ2v) is 8.39. The number of esters is 1. The van der Waals surface area contributed by atoms with Crippen LogP contribution in [0.2, 0.25) is 0 Å². The SMILES string of the molecule is CC(C)(C)OC(=O)CCCCCCCN(CCO)CCCCCCCC=O. The molecule has 1 N–H and O–H groups in total. The van der Waals surface area contributed by atoms with Crippen molar-refractivity contribution in [2.24, 2.45) is 0 Å². The maximum atomic E-state index is 11.6. The maximum absolute atomic E-state index is 11.6. The first kappa shape index (κ1) is 26.1. The van der Waals surface area contributed by atoms with Crippen molar-refractivity contribution < 1.29 is 19.4 Å². The van der Waals surface area contributed by atoms with Crippen LogP contribution in [-0.4, -0.2) is 54.1 Å². The third-order valence-corrected chi connectivity index (χ3v) is 4.49. The van der Waals surface area contributed by atoms with Crippen LogP contribution in [-0.2, 0) is 14.3 Å². The Balaban J connectivity index is 3.61. The highest BCUT2D eigenvalue weighted by atomic mass is 16.6. The Morgan fingerprint density at radius 3 is 1.89 bits per heavy atom. The first-order chi connectivity index (χ1) is 12.9. The van der Waals surface area contributed by atoms with E-state index < -0.39 is 0 Å². The summed E-state index contributed by atoms with van der Waals surface area (Å²) in [5.41, 5.74) is -0.386. The number of carbonyl (C=O) groups excluding carboxylic acids is 2. The van der Waals surface area contributed by atoms with Crippen LogP contribution in [0.25, 0.3) is 0 Å². The molecule has 0 aliphatic carbocycles. The molecule has 0 aliphatic rings. The number of carbonyl (C=O) groups is 2. The van der Waals surface area contributed by atoms with Gasteiger partial charge in [0.05, 0.1) is 6.61 Å². The van der Waals surface area contributed by atoms with Gasteiger partial charge >= 0.3 is 5.97 Å². The normalized spacial score (nSPS) is 11.7. The molecule has 0 aromatic rings. The van der Waals surface area contributed by atoms with Gasteiger partial charge in [0.2, 0.25) is 0 Å². The fourth-order valence-electron chi connectivity index (χ4n) is 3.10. The van der Waals surface area contributed by atoms with Gasteiger partial charge < -0.3 is 19.5 Å². The van der Waals surface area contributed by atoms with Crippen molar-refractivity contribution in [3.63, 3.8) is 0 Å². The summed E-state index contributed by atoms with van der Waals surface area (Å²) >= 11 is 0. The lowest BCUT2D eigenvalue weighted by atomic mass is 10.1. The second kappa shape index (κ2) is 17.2. The average molecular weight is 386 g/mol. The molecule has 0 spiro atoms. The molecule has 27 heavy (non-hydrogen) atoms. The van der Waals surface area contributed by atoms with E-state index in [4.69, 9.17) is 4.74 Å². The van der Waals surface area contributed by atoms with E-state index in [-0.39, 0.29) is 18.2 Å². The first-order valence-electron chi connectivity index (χ1n) is 10.9. The van der Waals surface area contributed by atoms with E-state index in [1.165, 1.54) is 19.3 Å². The molecule has 5 heteroatoms. The first-order valence-corrected chi connectivity index (χ1v) is 10.9. The summed E-state index contributed by atoms with van der Waals surface area (Å²) < 4.78 is 5.31. The van der Waals surface area contributed by atoms with Crippen LogP contribution in [0.3, 0.4) is 0 Å². The predicted octanol–water partition coefficient (Wildman–Crippen LogP) is 4.50. The van der Waals surface area contributed by atoms with E-state index in [1.807, 2.05) is 20.8 Å². The molecular formula is C22H43NO4. The number of hydrogen-bond donors (Lipinski definition) is 1. The zero-order valence-corrected chi connectivity index (χ0v) is 18.0. The monoisotopic (exact) mass is 385 g/mol. The van der Waals surface area contributed by atoms with E-state index in [1.54, 1.807) is 0 Å². The van der Waals surface area contributed by atoms with Crippen molar-refractivity contribution in [1.29, 1.82) is 0 Å². The number of unbranched alkanes of at least 4 members (excludes halogenated alkanes) is 9. The van der Waals surface area contributed by atoms with Crippen molar-refractivity contribution in [3.8, 4) is 0 Å². The van der Waals surface area contributed by atoms with Crippen LogP contribution in [0.5, 0.6) is 0 Å². The van der Waals surface area contributed by atoms with Gasteiger partial charge in [-0.05, 0) is 59.5 Å². The lowest BCUT2D eigenvalue weighted by Crippen LogP contribution is -2.29. The molecule has 160 valence electrons. The Morgan fingerprint density at radius 2 is 1.37 bits per heavy atom. The third kappa shape index (κ3) is 19.6. The molecule has 0 atom stereocenters. The zero-order valence-electron chi connectivity index (χ0n) is 18.0. The molecule has 0 saturated heterocycles. The summed E-state index contributed by atoms with van der Waals surface area (Å²) in [5, 5.41) is 9.22. The molecule has 0 radical (unpaired) electrons. The molecule has 0 fully saturated rings. The van der Waals surface area contributed by atoms with Gasteiger partial charge in [0.1, 0.15) is 11.9 Å². The molecule has 0 saturated carbocycles. The number of ether oxygens (including phenoxy) is 1. The van der Waals surface area contributed by atoms with E-state index >= 15 is 0 Å². The number of aldehydes is 1. The molecule has 0 aromatic heterocycles. The second-order valence-electron chi connectivity index (χ2n) is 8.39. The Bertz CT molecular complexity index is 366. The van der Waals surface area contributed by atoms with Crippen molar-refractivity contribution >= 4 is 12.3 Å². The van der Waals surface area contributed by atoms with Gasteiger partial charge in [0.15, 0.2) is 0 Å². The molecule has 0 unspecified atom stereocenters. The van der Waals surface area contributed by atoms with Crippen molar-refractivity contribution in [2.75, 3.05) is 26.2 Å². The summed E-state index contributed by atoms with van der Waals surface area (Å²) in [4.78, 5) is 24.3. The number of rotatable bonds is 18. The van der Waals surface area contributed by atoms with Crippen LogP contribution < -0.4 is 0 Å². The standard InChI is InChI=1S/C22H43NO4/c1-22(2,3)27-21(26)15-11-7-6-9-13-17-23(18-20-25)16-12-8-4-5-10-14-19-24/h19,25H,4-18,20H2,1-3H3. The highest BCUT2D eigenvalue weighted by molar-refractivity contribution is 5.69. The lowest BCUT2D eigenvalue weighted by Gasteiger charge is -2.21. The van der Waals surface area contributed by atoms with Gasteiger partial charge in [-0.3, -0.25) is 4.79 Å². The van der Waals surface area contributed by atoms with Gasteiger partial charge in [-0.2, -0.15) is 0 Å². The fourth-order valence-corrected chi connectivity index (χ4v) is 3.10. The van der Waals surface area contributed by atoms with Gasteiger partial charge in [-0.15, -0.1) is 0 Å². The molecule has 0 heterocycles. The molecule has 0 amide bonds. The van der Waals surface area contributed by atoms with Crippen LogP contribution in [0, 0.1) is 0 Å². The molecule has 5 nitrogen and oxygen atoms in total. The molecule has 0 aromatic carbocycles. The maximum Gasteiger partial charge on any atom is 0.306 e. The van der Waals surface area contributed by atoms with Crippen molar-refractivity contribution in [1.82, 2.24) is 4.90 Å². The van der Waals surface area contributed by atoms with Gasteiger partial charge in [0, 0.05) is 19.4 Å². The van der Waals surface area contributed by atoms with Crippen LogP contribution in [0.4, 0.5) is 0 Å². The minimum absolute atomic E-state index is 0.0946. The highest BCUT2D eigenvalue weighted by Gasteiger charge is 2.15. The Morgan fingerprint density at radius 1 is 0.852 bits per heavy atom. The van der Waals surface area contributed by atoms with Gasteiger partial charge in [-0.1, -0.05) is 38.5 Å². The number of hydrogen-bond acceptors (Lipinski definition) is 5. The van der Waals surface area contributed by atoms with Crippen LogP contribution in [0.15, 0.2) is 0 Å². The molecular weight excluding hydrogens is 342 g/mol. The smallest absolute Gasteiger partial charge is 0.306 e. The van der Waals surface area contributed by atoms with Crippen molar-refractivity contribution in [3.05, 3.63) is 0 Å². The van der Waals surface area contributed by atoms with Crippen LogP contribution >= 0.6 is 0 Å². The van der Waals surface area contributed by atoms with Crippen molar-refractivity contribution in [2.45, 2.75) is 103 Å². The van der Waals surface area contributed by atoms with E-state index in [0.29, 0.717) is 12.8 Å². The summed E-state index contributed by atoms with van der Waals surface area (Å²) in [6.07, 6.45) is 13.3. The Labute approximate surface area is 166 Å². The zero-order chi connectivity index (χ0) is 20.4. The highest BCUT2D eigenvalue weighted by Crippen LogP contribution is 2.12. The van der Waals surface area contributed by atoms with E-state index in [0.717, 1.165) is 70.9 Å². The summed E-state index contributed by atoms with van der Waals surface area (Å²) in [5.74, 6) is -0.0946. The number of aliphatic hydroxyl groups excluding tert-OH is 1.